The Balaban J connectivity index is 1.94. The first-order chi connectivity index (χ1) is 8.70. The fourth-order valence-corrected chi connectivity index (χ4v) is 2.49. The second-order valence-electron chi connectivity index (χ2n) is 3.98. The molecule has 6 nitrogen and oxygen atoms in total. The van der Waals surface area contributed by atoms with E-state index in [1.54, 1.807) is 16.2 Å². The fraction of sp³-hybridized carbons (Fsp3) is 0.455. The average molecular weight is 269 g/mol. The van der Waals surface area contributed by atoms with Crippen molar-refractivity contribution in [2.75, 3.05) is 19.7 Å². The van der Waals surface area contributed by atoms with Gasteiger partial charge >= 0.3 is 0 Å². The number of ether oxygens (including phenoxy) is 1. The molecule has 0 aromatic carbocycles. The lowest BCUT2D eigenvalue weighted by atomic mass is 10.2. The molecule has 0 saturated carbocycles. The molecule has 1 aromatic rings. The molecular weight excluding hydrogens is 254 g/mol. The molecule has 0 aliphatic carbocycles. The lowest BCUT2D eigenvalue weighted by Gasteiger charge is -2.32. The first-order valence-electron chi connectivity index (χ1n) is 5.60. The van der Waals surface area contributed by atoms with Crippen molar-refractivity contribution in [1.82, 2.24) is 4.90 Å². The van der Waals surface area contributed by atoms with E-state index in [1.165, 1.54) is 0 Å². The standard InChI is InChI=1S/C11H15N3O3S/c12-11(13-16)9-7-14(3-4-17-9)10(15)6-8-2-1-5-18-8/h1-2,5,9,16H,3-4,6-7H2,(H2,12,13). The fourth-order valence-electron chi connectivity index (χ4n) is 1.79. The predicted molar refractivity (Wildman–Crippen MR) is 67.8 cm³/mol. The van der Waals surface area contributed by atoms with E-state index < -0.39 is 6.10 Å². The minimum Gasteiger partial charge on any atom is -0.409 e. The van der Waals surface area contributed by atoms with Crippen LogP contribution in [0.3, 0.4) is 0 Å². The van der Waals surface area contributed by atoms with Gasteiger partial charge in [-0.3, -0.25) is 4.79 Å². The summed E-state index contributed by atoms with van der Waals surface area (Å²) >= 11 is 1.56. The van der Waals surface area contributed by atoms with Crippen molar-refractivity contribution in [1.29, 1.82) is 0 Å². The Morgan fingerprint density at radius 3 is 3.22 bits per heavy atom. The van der Waals surface area contributed by atoms with E-state index >= 15 is 0 Å². The second kappa shape index (κ2) is 5.83. The summed E-state index contributed by atoms with van der Waals surface area (Å²) in [6, 6.07) is 3.86. The number of amides is 1. The second-order valence-corrected chi connectivity index (χ2v) is 5.01. The molecule has 0 radical (unpaired) electrons. The van der Waals surface area contributed by atoms with Crippen LogP contribution < -0.4 is 5.73 Å². The van der Waals surface area contributed by atoms with Crippen LogP contribution in [0.25, 0.3) is 0 Å². The Morgan fingerprint density at radius 1 is 1.72 bits per heavy atom. The maximum atomic E-state index is 12.1. The van der Waals surface area contributed by atoms with Gasteiger partial charge in [0.15, 0.2) is 5.84 Å². The van der Waals surface area contributed by atoms with Crippen molar-refractivity contribution in [3.8, 4) is 0 Å². The summed E-state index contributed by atoms with van der Waals surface area (Å²) in [7, 11) is 0. The quantitative estimate of drug-likeness (QED) is 0.357. The van der Waals surface area contributed by atoms with Gasteiger partial charge < -0.3 is 20.6 Å². The molecule has 1 amide bonds. The number of carbonyl (C=O) groups is 1. The summed E-state index contributed by atoms with van der Waals surface area (Å²) in [6.07, 6.45) is -0.128. The van der Waals surface area contributed by atoms with Crippen molar-refractivity contribution in [2.24, 2.45) is 10.9 Å². The first kappa shape index (κ1) is 12.8. The van der Waals surface area contributed by atoms with Gasteiger partial charge in [0.2, 0.25) is 5.91 Å². The lowest BCUT2D eigenvalue weighted by molar-refractivity contribution is -0.135. The van der Waals surface area contributed by atoms with Crippen molar-refractivity contribution in [2.45, 2.75) is 12.5 Å². The van der Waals surface area contributed by atoms with Gasteiger partial charge in [-0.25, -0.2) is 0 Å². The number of thiophene rings is 1. The maximum Gasteiger partial charge on any atom is 0.228 e. The van der Waals surface area contributed by atoms with Gasteiger partial charge in [0, 0.05) is 11.4 Å². The third-order valence-electron chi connectivity index (χ3n) is 2.77. The first-order valence-corrected chi connectivity index (χ1v) is 6.48. The molecule has 0 spiro atoms. The molecule has 1 atom stereocenters. The molecule has 1 aliphatic heterocycles. The summed E-state index contributed by atoms with van der Waals surface area (Å²) in [5.41, 5.74) is 5.49. The van der Waals surface area contributed by atoms with E-state index in [-0.39, 0.29) is 11.7 Å². The van der Waals surface area contributed by atoms with E-state index in [9.17, 15) is 4.79 Å². The van der Waals surface area contributed by atoms with Gasteiger partial charge in [-0.1, -0.05) is 11.2 Å². The van der Waals surface area contributed by atoms with Gasteiger partial charge in [0.25, 0.3) is 0 Å². The summed E-state index contributed by atoms with van der Waals surface area (Å²) in [6.45, 7) is 1.27. The molecule has 98 valence electrons. The van der Waals surface area contributed by atoms with Crippen LogP contribution in [0.1, 0.15) is 4.88 Å². The molecule has 18 heavy (non-hydrogen) atoms. The van der Waals surface area contributed by atoms with Crippen LogP contribution in [0.5, 0.6) is 0 Å². The average Bonchev–Trinajstić information content (AvgIpc) is 2.90. The zero-order valence-corrected chi connectivity index (χ0v) is 10.6. The Morgan fingerprint density at radius 2 is 2.56 bits per heavy atom. The normalized spacial score (nSPS) is 21.0. The van der Waals surface area contributed by atoms with Crippen LogP contribution >= 0.6 is 11.3 Å². The van der Waals surface area contributed by atoms with Crippen molar-refractivity contribution in [3.63, 3.8) is 0 Å². The largest absolute Gasteiger partial charge is 0.409 e. The van der Waals surface area contributed by atoms with Crippen LogP contribution in [-0.4, -0.2) is 47.7 Å². The van der Waals surface area contributed by atoms with Crippen molar-refractivity contribution < 1.29 is 14.7 Å². The zero-order valence-electron chi connectivity index (χ0n) is 9.78. The number of hydrogen-bond acceptors (Lipinski definition) is 5. The third-order valence-corrected chi connectivity index (χ3v) is 3.65. The Labute approximate surface area is 109 Å². The maximum absolute atomic E-state index is 12.1. The van der Waals surface area contributed by atoms with E-state index in [1.807, 2.05) is 17.5 Å². The number of morpholine rings is 1. The molecule has 2 rings (SSSR count). The van der Waals surface area contributed by atoms with Crippen LogP contribution in [0.4, 0.5) is 0 Å². The van der Waals surface area contributed by atoms with E-state index in [2.05, 4.69) is 5.16 Å². The Hall–Kier alpha value is -1.60. The highest BCUT2D eigenvalue weighted by Gasteiger charge is 2.27. The zero-order chi connectivity index (χ0) is 13.0. The predicted octanol–water partition coefficient (Wildman–Crippen LogP) is 0.264. The lowest BCUT2D eigenvalue weighted by Crippen LogP contribution is -2.50. The van der Waals surface area contributed by atoms with E-state index in [4.69, 9.17) is 15.7 Å². The van der Waals surface area contributed by atoms with E-state index in [0.29, 0.717) is 26.1 Å². The summed E-state index contributed by atoms with van der Waals surface area (Å²) in [5, 5.41) is 13.5. The summed E-state index contributed by atoms with van der Waals surface area (Å²) in [4.78, 5) is 14.8. The molecule has 0 bridgehead atoms. The van der Waals surface area contributed by atoms with Gasteiger partial charge in [-0.05, 0) is 11.4 Å². The molecule has 1 saturated heterocycles. The van der Waals surface area contributed by atoms with Crippen LogP contribution in [0.2, 0.25) is 0 Å². The third kappa shape index (κ3) is 2.99. The SMILES string of the molecule is NC(=NO)C1CN(C(=O)Cc2cccs2)CCO1. The molecule has 3 N–H and O–H groups in total. The number of nitrogens with two attached hydrogens (primary N) is 1. The molecule has 1 aromatic heterocycles. The number of carbonyl (C=O) groups excluding carboxylic acids is 1. The van der Waals surface area contributed by atoms with Crippen molar-refractivity contribution in [3.05, 3.63) is 22.4 Å². The number of amidine groups is 1. The molecule has 1 aliphatic rings. The van der Waals surface area contributed by atoms with Crippen LogP contribution in [0.15, 0.2) is 22.7 Å². The summed E-state index contributed by atoms with van der Waals surface area (Å²) in [5.74, 6) is 0.0418. The smallest absolute Gasteiger partial charge is 0.228 e. The minimum atomic E-state index is -0.518. The van der Waals surface area contributed by atoms with Gasteiger partial charge in [-0.15, -0.1) is 11.3 Å². The van der Waals surface area contributed by atoms with Gasteiger partial charge in [-0.2, -0.15) is 0 Å². The van der Waals surface area contributed by atoms with Gasteiger partial charge in [0.1, 0.15) is 6.10 Å². The molecular formula is C11H15N3O3S. The monoisotopic (exact) mass is 269 g/mol. The molecule has 7 heteroatoms. The minimum absolute atomic E-state index is 0.00336. The highest BCUT2D eigenvalue weighted by Crippen LogP contribution is 2.13. The number of hydrogen-bond donors (Lipinski definition) is 2. The molecule has 1 fully saturated rings. The topological polar surface area (TPSA) is 88.2 Å². The summed E-state index contributed by atoms with van der Waals surface area (Å²) < 4.78 is 5.34. The van der Waals surface area contributed by atoms with Gasteiger partial charge in [0.05, 0.1) is 19.6 Å². The highest BCUT2D eigenvalue weighted by molar-refractivity contribution is 7.10. The highest BCUT2D eigenvalue weighted by atomic mass is 32.1. The number of rotatable bonds is 3. The molecule has 2 heterocycles. The van der Waals surface area contributed by atoms with Crippen molar-refractivity contribution >= 4 is 23.1 Å². The van der Waals surface area contributed by atoms with Crippen LogP contribution in [0, 0.1) is 0 Å². The van der Waals surface area contributed by atoms with E-state index in [0.717, 1.165) is 4.88 Å². The molecule has 1 unspecified atom stereocenters. The number of oxime groups is 1. The Bertz CT molecular complexity index is 433. The van der Waals surface area contributed by atoms with Crippen LogP contribution in [-0.2, 0) is 16.0 Å². The number of nitrogens with zero attached hydrogens (tertiary/aromatic N) is 2. The Kier molecular flexibility index (Phi) is 4.16.